The summed E-state index contributed by atoms with van der Waals surface area (Å²) in [7, 11) is 0. The quantitative estimate of drug-likeness (QED) is 0.697. The van der Waals surface area contributed by atoms with Crippen LogP contribution in [0.15, 0.2) is 23.1 Å². The van der Waals surface area contributed by atoms with Crippen molar-refractivity contribution in [2.45, 2.75) is 39.7 Å². The summed E-state index contributed by atoms with van der Waals surface area (Å²) in [4.78, 5) is 26.0. The number of hydrogen-bond donors (Lipinski definition) is 0. The van der Waals surface area contributed by atoms with Gasteiger partial charge in [0.25, 0.3) is 11.5 Å². The predicted molar refractivity (Wildman–Crippen MR) is 83.6 cm³/mol. The molecule has 0 atom stereocenters. The average Bonchev–Trinajstić information content (AvgIpc) is 2.52. The molecule has 0 aromatic carbocycles. The van der Waals surface area contributed by atoms with E-state index in [2.05, 4.69) is 0 Å². The molecule has 6 nitrogen and oxygen atoms in total. The first kappa shape index (κ1) is 17.8. The second-order valence-corrected chi connectivity index (χ2v) is 4.95. The van der Waals surface area contributed by atoms with Gasteiger partial charge in [-0.1, -0.05) is 13.8 Å². The van der Waals surface area contributed by atoms with Crippen molar-refractivity contribution in [1.82, 2.24) is 9.47 Å². The fraction of sp³-hybridized carbons (Fsp3) is 0.562. The molecule has 6 heteroatoms. The Morgan fingerprint density at radius 1 is 1.36 bits per heavy atom. The van der Waals surface area contributed by atoms with Crippen LogP contribution in [0.4, 0.5) is 0 Å². The molecule has 0 aliphatic rings. The molecule has 1 aromatic rings. The Kier molecular flexibility index (Phi) is 7.76. The van der Waals surface area contributed by atoms with E-state index in [1.807, 2.05) is 19.9 Å². The van der Waals surface area contributed by atoms with Gasteiger partial charge in [-0.3, -0.25) is 9.59 Å². The fourth-order valence-electron chi connectivity index (χ4n) is 2.10. The van der Waals surface area contributed by atoms with Gasteiger partial charge >= 0.3 is 0 Å². The summed E-state index contributed by atoms with van der Waals surface area (Å²) in [5, 5.41) is 8.58. The SMILES string of the molecule is CCCN(CCC)C(=O)COc1cccn(CCC#N)c1=O. The van der Waals surface area contributed by atoms with Gasteiger partial charge in [0.15, 0.2) is 12.4 Å². The molecule has 0 unspecified atom stereocenters. The first-order chi connectivity index (χ1) is 10.6. The normalized spacial score (nSPS) is 10.0. The number of carbonyl (C=O) groups excluding carboxylic acids is 1. The molecule has 120 valence electrons. The zero-order valence-electron chi connectivity index (χ0n) is 13.2. The van der Waals surface area contributed by atoms with E-state index in [1.54, 1.807) is 23.2 Å². The van der Waals surface area contributed by atoms with Gasteiger partial charge in [-0.2, -0.15) is 5.26 Å². The maximum Gasteiger partial charge on any atom is 0.292 e. The van der Waals surface area contributed by atoms with Crippen molar-refractivity contribution >= 4 is 5.91 Å². The van der Waals surface area contributed by atoms with E-state index in [4.69, 9.17) is 10.00 Å². The number of aryl methyl sites for hydroxylation is 1. The number of carbonyl (C=O) groups is 1. The molecule has 0 bridgehead atoms. The van der Waals surface area contributed by atoms with Crippen molar-refractivity contribution in [2.24, 2.45) is 0 Å². The van der Waals surface area contributed by atoms with Gasteiger partial charge in [-0.15, -0.1) is 0 Å². The molecule has 0 aliphatic heterocycles. The molecule has 1 rings (SSSR count). The van der Waals surface area contributed by atoms with Crippen LogP contribution in [0.1, 0.15) is 33.1 Å². The standard InChI is InChI=1S/C16H23N3O3/c1-3-9-18(10-4-2)15(20)13-22-14-7-5-11-19(16(14)21)12-6-8-17/h5,7,11H,3-4,6,9-10,12-13H2,1-2H3. The van der Waals surface area contributed by atoms with Crippen LogP contribution in [0.25, 0.3) is 0 Å². The minimum Gasteiger partial charge on any atom is -0.478 e. The zero-order valence-corrected chi connectivity index (χ0v) is 13.2. The molecule has 1 amide bonds. The summed E-state index contributed by atoms with van der Waals surface area (Å²) in [6, 6.07) is 5.21. The van der Waals surface area contributed by atoms with Crippen molar-refractivity contribution in [1.29, 1.82) is 5.26 Å². The third-order valence-corrected chi connectivity index (χ3v) is 3.14. The van der Waals surface area contributed by atoms with Gasteiger partial charge in [-0.05, 0) is 25.0 Å². The van der Waals surface area contributed by atoms with Crippen LogP contribution in [-0.2, 0) is 11.3 Å². The highest BCUT2D eigenvalue weighted by atomic mass is 16.5. The van der Waals surface area contributed by atoms with Gasteiger partial charge in [0.1, 0.15) is 0 Å². The minimum absolute atomic E-state index is 0.115. The summed E-state index contributed by atoms with van der Waals surface area (Å²) in [5.41, 5.74) is -0.317. The highest BCUT2D eigenvalue weighted by Crippen LogP contribution is 2.04. The first-order valence-electron chi connectivity index (χ1n) is 7.61. The van der Waals surface area contributed by atoms with Crippen LogP contribution in [-0.4, -0.2) is 35.1 Å². The number of amides is 1. The molecule has 0 radical (unpaired) electrons. The summed E-state index contributed by atoms with van der Waals surface area (Å²) in [5.74, 6) is 0.0252. The third-order valence-electron chi connectivity index (χ3n) is 3.14. The monoisotopic (exact) mass is 305 g/mol. The van der Waals surface area contributed by atoms with Crippen molar-refractivity contribution in [3.8, 4) is 11.8 Å². The molecule has 0 saturated carbocycles. The number of pyridine rings is 1. The van der Waals surface area contributed by atoms with Crippen LogP contribution in [0.2, 0.25) is 0 Å². The van der Waals surface area contributed by atoms with Crippen LogP contribution in [0.3, 0.4) is 0 Å². The van der Waals surface area contributed by atoms with Crippen LogP contribution in [0, 0.1) is 11.3 Å². The molecule has 0 aliphatic carbocycles. The molecular formula is C16H23N3O3. The largest absolute Gasteiger partial charge is 0.478 e. The zero-order chi connectivity index (χ0) is 16.4. The third kappa shape index (κ3) is 5.24. The first-order valence-corrected chi connectivity index (χ1v) is 7.61. The molecule has 22 heavy (non-hydrogen) atoms. The molecule has 1 aromatic heterocycles. The number of ether oxygens (including phenoxy) is 1. The van der Waals surface area contributed by atoms with Crippen molar-refractivity contribution in [2.75, 3.05) is 19.7 Å². The van der Waals surface area contributed by atoms with E-state index in [1.165, 1.54) is 4.57 Å². The maximum absolute atomic E-state index is 12.1. The number of nitrogens with zero attached hydrogens (tertiary/aromatic N) is 3. The molecular weight excluding hydrogens is 282 g/mol. The number of aromatic nitrogens is 1. The summed E-state index contributed by atoms with van der Waals surface area (Å²) < 4.78 is 6.80. The van der Waals surface area contributed by atoms with Crippen LogP contribution >= 0.6 is 0 Å². The topological polar surface area (TPSA) is 75.3 Å². The van der Waals surface area contributed by atoms with Gasteiger partial charge in [0.05, 0.1) is 12.5 Å². The van der Waals surface area contributed by atoms with Crippen molar-refractivity contribution in [3.05, 3.63) is 28.7 Å². The Balaban J connectivity index is 2.69. The fourth-order valence-corrected chi connectivity index (χ4v) is 2.10. The molecule has 0 fully saturated rings. The molecule has 0 spiro atoms. The van der Waals surface area contributed by atoms with Gasteiger partial charge < -0.3 is 14.2 Å². The molecule has 0 saturated heterocycles. The highest BCUT2D eigenvalue weighted by Gasteiger charge is 2.13. The van der Waals surface area contributed by atoms with E-state index < -0.39 is 0 Å². The van der Waals surface area contributed by atoms with Gasteiger partial charge in [0.2, 0.25) is 0 Å². The Bertz CT molecular complexity index is 569. The summed E-state index contributed by atoms with van der Waals surface area (Å²) in [6.45, 7) is 5.59. The lowest BCUT2D eigenvalue weighted by molar-refractivity contribution is -0.133. The van der Waals surface area contributed by atoms with Gasteiger partial charge in [-0.25, -0.2) is 0 Å². The van der Waals surface area contributed by atoms with Crippen molar-refractivity contribution < 1.29 is 9.53 Å². The summed E-state index contributed by atoms with van der Waals surface area (Å²) >= 11 is 0. The van der Waals surface area contributed by atoms with E-state index in [-0.39, 0.29) is 30.2 Å². The number of nitriles is 1. The second-order valence-electron chi connectivity index (χ2n) is 4.95. The maximum atomic E-state index is 12.1. The Labute approximate surface area is 130 Å². The van der Waals surface area contributed by atoms with Crippen LogP contribution in [0.5, 0.6) is 5.75 Å². The molecule has 0 N–H and O–H groups in total. The van der Waals surface area contributed by atoms with Gasteiger partial charge in [0, 0.05) is 25.8 Å². The lowest BCUT2D eigenvalue weighted by atomic mass is 10.3. The second kappa shape index (κ2) is 9.61. The Hall–Kier alpha value is -2.29. The Morgan fingerprint density at radius 3 is 2.64 bits per heavy atom. The van der Waals surface area contributed by atoms with E-state index in [0.717, 1.165) is 12.8 Å². The van der Waals surface area contributed by atoms with Crippen LogP contribution < -0.4 is 10.3 Å². The predicted octanol–water partition coefficient (Wildman–Crippen LogP) is 1.79. The highest BCUT2D eigenvalue weighted by molar-refractivity contribution is 5.77. The van der Waals surface area contributed by atoms with E-state index in [0.29, 0.717) is 19.6 Å². The number of hydrogen-bond acceptors (Lipinski definition) is 4. The lowest BCUT2D eigenvalue weighted by Crippen LogP contribution is -2.36. The average molecular weight is 305 g/mol. The van der Waals surface area contributed by atoms with E-state index >= 15 is 0 Å². The molecule has 1 heterocycles. The lowest BCUT2D eigenvalue weighted by Gasteiger charge is -2.21. The minimum atomic E-state index is -0.317. The smallest absolute Gasteiger partial charge is 0.292 e. The number of rotatable bonds is 9. The van der Waals surface area contributed by atoms with E-state index in [9.17, 15) is 9.59 Å². The van der Waals surface area contributed by atoms with Crippen molar-refractivity contribution in [3.63, 3.8) is 0 Å². The summed E-state index contributed by atoms with van der Waals surface area (Å²) in [6.07, 6.45) is 3.63. The Morgan fingerprint density at radius 2 is 2.05 bits per heavy atom.